The average molecular weight is 362 g/mol. The molecule has 0 aromatic carbocycles. The lowest BCUT2D eigenvalue weighted by Gasteiger charge is -2.39. The van der Waals surface area contributed by atoms with Crippen LogP contribution >= 0.6 is 0 Å². The molecule has 0 spiro atoms. The number of nitrogens with two attached hydrogens (primary N) is 1. The Morgan fingerprint density at radius 1 is 0.963 bits per heavy atom. The van der Waals surface area contributed by atoms with Crippen LogP contribution < -0.4 is 15.5 Å². The van der Waals surface area contributed by atoms with Crippen LogP contribution in [-0.4, -0.2) is 40.6 Å². The number of aromatic nitrogens is 3. The van der Waals surface area contributed by atoms with Crippen molar-refractivity contribution in [3.8, 4) is 0 Å². The summed E-state index contributed by atoms with van der Waals surface area (Å²) in [5, 5.41) is 0. The molecule has 2 fully saturated rings. The molecule has 6 heteroatoms. The Hall–Kier alpha value is -2.63. The van der Waals surface area contributed by atoms with Crippen molar-refractivity contribution in [2.45, 2.75) is 44.6 Å². The van der Waals surface area contributed by atoms with Gasteiger partial charge in [-0.05, 0) is 48.6 Å². The fourth-order valence-electron chi connectivity index (χ4n) is 4.47. The molecule has 0 unspecified atom stereocenters. The first kappa shape index (κ1) is 16.5. The maximum atomic E-state index is 6.26. The number of fused-ring (bicyclic) bond motifs is 1. The molecule has 1 saturated carbocycles. The monoisotopic (exact) mass is 362 g/mol. The van der Waals surface area contributed by atoms with Crippen molar-refractivity contribution < 1.29 is 0 Å². The van der Waals surface area contributed by atoms with Crippen LogP contribution in [0.5, 0.6) is 0 Å². The second kappa shape index (κ2) is 6.83. The van der Waals surface area contributed by atoms with Crippen molar-refractivity contribution in [2.24, 2.45) is 0 Å². The van der Waals surface area contributed by atoms with E-state index >= 15 is 0 Å². The zero-order valence-electron chi connectivity index (χ0n) is 15.6. The summed E-state index contributed by atoms with van der Waals surface area (Å²) in [4.78, 5) is 18.3. The van der Waals surface area contributed by atoms with Crippen molar-refractivity contribution in [2.75, 3.05) is 35.2 Å². The summed E-state index contributed by atoms with van der Waals surface area (Å²) >= 11 is 0. The van der Waals surface area contributed by atoms with Gasteiger partial charge in [-0.3, -0.25) is 0 Å². The van der Waals surface area contributed by atoms with E-state index in [2.05, 4.69) is 38.0 Å². The number of anilines is 3. The van der Waals surface area contributed by atoms with E-state index in [1.54, 1.807) is 6.33 Å². The Morgan fingerprint density at radius 3 is 2.52 bits per heavy atom. The Morgan fingerprint density at radius 2 is 1.81 bits per heavy atom. The molecule has 0 bridgehead atoms. The van der Waals surface area contributed by atoms with E-state index in [4.69, 9.17) is 10.7 Å². The standard InChI is InChI=1S/C21H26N6/c22-21-20-18(24-14-25-21)11-16(13-27(20)17-5-2-1-3-6-17)15-7-8-19(23-12-15)26-9-4-10-26/h7-8,11-12,14,17H,1-6,9-10,13H2,(H2,22,24,25). The van der Waals surface area contributed by atoms with Gasteiger partial charge in [0.15, 0.2) is 5.82 Å². The zero-order chi connectivity index (χ0) is 18.2. The molecule has 2 aliphatic heterocycles. The Labute approximate surface area is 160 Å². The van der Waals surface area contributed by atoms with Gasteiger partial charge < -0.3 is 15.5 Å². The Balaban J connectivity index is 1.49. The molecule has 2 N–H and O–H groups in total. The van der Waals surface area contributed by atoms with Crippen molar-refractivity contribution >= 4 is 29.0 Å². The van der Waals surface area contributed by atoms with Crippen molar-refractivity contribution in [1.29, 1.82) is 0 Å². The number of pyridine rings is 1. The van der Waals surface area contributed by atoms with Gasteiger partial charge >= 0.3 is 0 Å². The van der Waals surface area contributed by atoms with E-state index in [0.717, 1.165) is 36.8 Å². The lowest BCUT2D eigenvalue weighted by Crippen LogP contribution is -2.40. The predicted octanol–water partition coefficient (Wildman–Crippen LogP) is 3.36. The number of nitrogen functional groups attached to an aromatic ring is 1. The van der Waals surface area contributed by atoms with Gasteiger partial charge in [0.25, 0.3) is 0 Å². The Kier molecular flexibility index (Phi) is 4.19. The highest BCUT2D eigenvalue weighted by atomic mass is 15.2. The normalized spacial score (nSPS) is 20.1. The maximum absolute atomic E-state index is 6.26. The molecule has 2 aromatic heterocycles. The van der Waals surface area contributed by atoms with Crippen LogP contribution in [0.1, 0.15) is 49.8 Å². The molecule has 0 radical (unpaired) electrons. The largest absolute Gasteiger partial charge is 0.382 e. The molecule has 6 nitrogen and oxygen atoms in total. The Bertz CT molecular complexity index is 849. The first-order valence-corrected chi connectivity index (χ1v) is 10.1. The summed E-state index contributed by atoms with van der Waals surface area (Å²) in [7, 11) is 0. The third-order valence-corrected chi connectivity index (χ3v) is 6.13. The van der Waals surface area contributed by atoms with Crippen molar-refractivity contribution in [1.82, 2.24) is 15.0 Å². The van der Waals surface area contributed by atoms with Crippen molar-refractivity contribution in [3.05, 3.63) is 35.9 Å². The fraction of sp³-hybridized carbons (Fsp3) is 0.476. The predicted molar refractivity (Wildman–Crippen MR) is 110 cm³/mol. The van der Waals surface area contributed by atoms with Crippen LogP contribution in [0.25, 0.3) is 11.6 Å². The van der Waals surface area contributed by atoms with E-state index in [9.17, 15) is 0 Å². The zero-order valence-corrected chi connectivity index (χ0v) is 15.6. The summed E-state index contributed by atoms with van der Waals surface area (Å²) in [5.74, 6) is 1.67. The van der Waals surface area contributed by atoms with Crippen LogP contribution in [-0.2, 0) is 0 Å². The van der Waals surface area contributed by atoms with E-state index in [1.165, 1.54) is 49.7 Å². The molecule has 1 saturated heterocycles. The highest BCUT2D eigenvalue weighted by Crippen LogP contribution is 2.38. The third-order valence-electron chi connectivity index (χ3n) is 6.13. The lowest BCUT2D eigenvalue weighted by molar-refractivity contribution is 0.421. The second-order valence-corrected chi connectivity index (χ2v) is 7.83. The van der Waals surface area contributed by atoms with Gasteiger partial charge in [0.2, 0.25) is 0 Å². The highest BCUT2D eigenvalue weighted by Gasteiger charge is 2.29. The summed E-state index contributed by atoms with van der Waals surface area (Å²) in [6, 6.07) is 4.86. The summed E-state index contributed by atoms with van der Waals surface area (Å²) in [6.45, 7) is 3.09. The van der Waals surface area contributed by atoms with Gasteiger partial charge in [0.1, 0.15) is 17.8 Å². The molecule has 2 aromatic rings. The molecule has 3 aliphatic rings. The molecular weight excluding hydrogens is 336 g/mol. The minimum atomic E-state index is 0.516. The van der Waals surface area contributed by atoms with E-state index in [0.29, 0.717) is 11.9 Å². The fourth-order valence-corrected chi connectivity index (χ4v) is 4.47. The molecule has 1 aliphatic carbocycles. The van der Waals surface area contributed by atoms with Crippen LogP contribution in [0.2, 0.25) is 0 Å². The van der Waals surface area contributed by atoms with Gasteiger partial charge in [0, 0.05) is 31.9 Å². The minimum absolute atomic E-state index is 0.516. The maximum Gasteiger partial charge on any atom is 0.151 e. The average Bonchev–Trinajstić information content (AvgIpc) is 2.67. The molecule has 0 atom stereocenters. The lowest BCUT2D eigenvalue weighted by atomic mass is 9.91. The number of hydrogen-bond donors (Lipinski definition) is 1. The van der Waals surface area contributed by atoms with Crippen molar-refractivity contribution in [3.63, 3.8) is 0 Å². The summed E-state index contributed by atoms with van der Waals surface area (Å²) in [6.07, 6.45) is 13.3. The van der Waals surface area contributed by atoms with Gasteiger partial charge in [-0.2, -0.15) is 0 Å². The first-order valence-electron chi connectivity index (χ1n) is 10.1. The number of hydrogen-bond acceptors (Lipinski definition) is 6. The quantitative estimate of drug-likeness (QED) is 0.903. The van der Waals surface area contributed by atoms with E-state index in [-0.39, 0.29) is 0 Å². The van der Waals surface area contributed by atoms with Crippen LogP contribution in [0.4, 0.5) is 17.3 Å². The number of nitrogens with zero attached hydrogens (tertiary/aromatic N) is 5. The van der Waals surface area contributed by atoms with Gasteiger partial charge in [-0.15, -0.1) is 0 Å². The topological polar surface area (TPSA) is 71.2 Å². The number of rotatable bonds is 3. The van der Waals surface area contributed by atoms with E-state index < -0.39 is 0 Å². The molecule has 4 heterocycles. The molecule has 0 amide bonds. The van der Waals surface area contributed by atoms with Crippen LogP contribution in [0, 0.1) is 0 Å². The summed E-state index contributed by atoms with van der Waals surface area (Å²) in [5.41, 5.74) is 10.6. The van der Waals surface area contributed by atoms with E-state index in [1.807, 2.05) is 6.20 Å². The van der Waals surface area contributed by atoms with Gasteiger partial charge in [-0.25, -0.2) is 15.0 Å². The van der Waals surface area contributed by atoms with Gasteiger partial charge in [0.05, 0.1) is 5.69 Å². The molecule has 27 heavy (non-hydrogen) atoms. The third kappa shape index (κ3) is 3.03. The molecule has 140 valence electrons. The van der Waals surface area contributed by atoms with Gasteiger partial charge in [-0.1, -0.05) is 19.3 Å². The SMILES string of the molecule is Nc1ncnc2c1N(C1CCCCC1)CC(c1ccc(N3CCC3)nc1)=C2. The highest BCUT2D eigenvalue weighted by molar-refractivity contribution is 5.92. The minimum Gasteiger partial charge on any atom is -0.382 e. The van der Waals surface area contributed by atoms with Crippen LogP contribution in [0.15, 0.2) is 24.7 Å². The first-order chi connectivity index (χ1) is 13.3. The molecular formula is C21H26N6. The summed E-state index contributed by atoms with van der Waals surface area (Å²) < 4.78 is 0. The van der Waals surface area contributed by atoms with Crippen LogP contribution in [0.3, 0.4) is 0 Å². The second-order valence-electron chi connectivity index (χ2n) is 7.83. The molecule has 5 rings (SSSR count). The smallest absolute Gasteiger partial charge is 0.151 e.